The number of carbonyl (C=O) groups excluding carboxylic acids is 2. The maximum absolute atomic E-state index is 11.9. The van der Waals surface area contributed by atoms with E-state index in [-0.39, 0.29) is 24.8 Å². The molecule has 19 heavy (non-hydrogen) atoms. The van der Waals surface area contributed by atoms with Crippen molar-refractivity contribution in [2.75, 3.05) is 25.0 Å². The molecule has 0 spiro atoms. The van der Waals surface area contributed by atoms with Crippen LogP contribution in [0.1, 0.15) is 17.5 Å². The first-order chi connectivity index (χ1) is 9.17. The molecule has 0 aliphatic carbocycles. The third-order valence-corrected chi connectivity index (χ3v) is 3.25. The molecule has 102 valence electrons. The number of carbonyl (C=O) groups is 2. The van der Waals surface area contributed by atoms with Crippen LogP contribution in [0.4, 0.5) is 5.69 Å². The Balaban J connectivity index is 2.22. The van der Waals surface area contributed by atoms with Crippen molar-refractivity contribution in [3.8, 4) is 0 Å². The molecule has 2 amide bonds. The Morgan fingerprint density at radius 3 is 2.95 bits per heavy atom. The van der Waals surface area contributed by atoms with Gasteiger partial charge in [-0.25, -0.2) is 4.90 Å². The maximum atomic E-state index is 11.9. The molecule has 0 saturated carbocycles. The van der Waals surface area contributed by atoms with Gasteiger partial charge in [-0.15, -0.1) is 0 Å². The Morgan fingerprint density at radius 1 is 1.47 bits per heavy atom. The standard InChI is InChI=1S/C14H19N3O2/c1-16-7-5-10-2-3-12-11(8-10)9-14(19)17(12)13(18)4-6-15/h2-3,8,16H,4-7,9,15H2,1H3. The Bertz CT molecular complexity index is 499. The van der Waals surface area contributed by atoms with Gasteiger partial charge in [-0.3, -0.25) is 9.59 Å². The van der Waals surface area contributed by atoms with Crippen molar-refractivity contribution in [2.24, 2.45) is 5.73 Å². The van der Waals surface area contributed by atoms with Crippen molar-refractivity contribution in [3.63, 3.8) is 0 Å². The van der Waals surface area contributed by atoms with Gasteiger partial charge in [-0.05, 0) is 37.2 Å². The van der Waals surface area contributed by atoms with Crippen LogP contribution in [0.15, 0.2) is 18.2 Å². The summed E-state index contributed by atoms with van der Waals surface area (Å²) < 4.78 is 0. The van der Waals surface area contributed by atoms with E-state index in [1.807, 2.05) is 25.2 Å². The van der Waals surface area contributed by atoms with E-state index >= 15 is 0 Å². The van der Waals surface area contributed by atoms with E-state index in [0.29, 0.717) is 6.42 Å². The molecule has 1 heterocycles. The zero-order valence-electron chi connectivity index (χ0n) is 11.1. The summed E-state index contributed by atoms with van der Waals surface area (Å²) in [5, 5.41) is 3.09. The van der Waals surface area contributed by atoms with E-state index in [2.05, 4.69) is 5.32 Å². The summed E-state index contributed by atoms with van der Waals surface area (Å²) in [6.07, 6.45) is 1.42. The minimum atomic E-state index is -0.214. The van der Waals surface area contributed by atoms with Gasteiger partial charge in [0.1, 0.15) is 0 Å². The Labute approximate surface area is 112 Å². The minimum absolute atomic E-state index is 0.154. The van der Waals surface area contributed by atoms with Gasteiger partial charge in [0.2, 0.25) is 11.8 Å². The summed E-state index contributed by atoms with van der Waals surface area (Å²) in [4.78, 5) is 25.1. The third-order valence-electron chi connectivity index (χ3n) is 3.25. The van der Waals surface area contributed by atoms with Crippen LogP contribution in [0.2, 0.25) is 0 Å². The monoisotopic (exact) mass is 261 g/mol. The lowest BCUT2D eigenvalue weighted by molar-refractivity contribution is -0.125. The smallest absolute Gasteiger partial charge is 0.238 e. The predicted octanol–water partition coefficient (Wildman–Crippen LogP) is 0.213. The lowest BCUT2D eigenvalue weighted by Gasteiger charge is -2.15. The van der Waals surface area contributed by atoms with Gasteiger partial charge in [0, 0.05) is 13.0 Å². The summed E-state index contributed by atoms with van der Waals surface area (Å²) in [7, 11) is 1.91. The number of nitrogens with two attached hydrogens (primary N) is 1. The quantitative estimate of drug-likeness (QED) is 0.794. The summed E-state index contributed by atoms with van der Waals surface area (Å²) in [6.45, 7) is 1.15. The van der Waals surface area contributed by atoms with E-state index in [4.69, 9.17) is 5.73 Å². The van der Waals surface area contributed by atoms with Crippen molar-refractivity contribution in [1.82, 2.24) is 5.32 Å². The zero-order chi connectivity index (χ0) is 13.8. The van der Waals surface area contributed by atoms with Crippen molar-refractivity contribution >= 4 is 17.5 Å². The predicted molar refractivity (Wildman–Crippen MR) is 73.9 cm³/mol. The minimum Gasteiger partial charge on any atom is -0.330 e. The van der Waals surface area contributed by atoms with Crippen molar-refractivity contribution in [1.29, 1.82) is 0 Å². The fraction of sp³-hybridized carbons (Fsp3) is 0.429. The third kappa shape index (κ3) is 2.83. The lowest BCUT2D eigenvalue weighted by atomic mass is 10.1. The Kier molecular flexibility index (Phi) is 4.29. The number of hydrogen-bond acceptors (Lipinski definition) is 4. The second-order valence-electron chi connectivity index (χ2n) is 4.65. The van der Waals surface area contributed by atoms with Gasteiger partial charge in [-0.2, -0.15) is 0 Å². The van der Waals surface area contributed by atoms with Crippen molar-refractivity contribution in [3.05, 3.63) is 29.3 Å². The van der Waals surface area contributed by atoms with E-state index in [1.54, 1.807) is 0 Å². The van der Waals surface area contributed by atoms with Crippen LogP contribution in [0.3, 0.4) is 0 Å². The molecule has 0 fully saturated rings. The molecule has 0 atom stereocenters. The highest BCUT2D eigenvalue weighted by atomic mass is 16.2. The number of imide groups is 1. The van der Waals surface area contributed by atoms with E-state index < -0.39 is 0 Å². The van der Waals surface area contributed by atoms with Gasteiger partial charge in [0.15, 0.2) is 0 Å². The molecule has 0 aromatic heterocycles. The SMILES string of the molecule is CNCCc1ccc2c(c1)CC(=O)N2C(=O)CCN. The van der Waals surface area contributed by atoms with Crippen LogP contribution in [-0.2, 0) is 22.4 Å². The molecule has 0 saturated heterocycles. The highest BCUT2D eigenvalue weighted by molar-refractivity contribution is 6.19. The molecule has 0 radical (unpaired) electrons. The van der Waals surface area contributed by atoms with Crippen molar-refractivity contribution < 1.29 is 9.59 Å². The van der Waals surface area contributed by atoms with E-state index in [9.17, 15) is 9.59 Å². The molecule has 1 aromatic rings. The number of amides is 2. The number of nitrogens with zero attached hydrogens (tertiary/aromatic N) is 1. The van der Waals surface area contributed by atoms with Crippen LogP contribution in [0, 0.1) is 0 Å². The number of nitrogens with one attached hydrogen (secondary N) is 1. The summed E-state index contributed by atoms with van der Waals surface area (Å²) in [6, 6.07) is 5.84. The second-order valence-corrected chi connectivity index (χ2v) is 4.65. The van der Waals surface area contributed by atoms with E-state index in [0.717, 1.165) is 24.2 Å². The van der Waals surface area contributed by atoms with Crippen LogP contribution in [0.5, 0.6) is 0 Å². The fourth-order valence-electron chi connectivity index (χ4n) is 2.31. The van der Waals surface area contributed by atoms with E-state index in [1.165, 1.54) is 10.5 Å². The van der Waals surface area contributed by atoms with Gasteiger partial charge < -0.3 is 11.1 Å². The second kappa shape index (κ2) is 5.95. The zero-order valence-corrected chi connectivity index (χ0v) is 11.1. The molecule has 0 bridgehead atoms. The number of anilines is 1. The average Bonchev–Trinajstić information content (AvgIpc) is 2.71. The molecule has 2 rings (SSSR count). The highest BCUT2D eigenvalue weighted by Gasteiger charge is 2.31. The first-order valence-electron chi connectivity index (χ1n) is 6.49. The molecule has 0 unspecified atom stereocenters. The molecular formula is C14H19N3O2. The maximum Gasteiger partial charge on any atom is 0.238 e. The van der Waals surface area contributed by atoms with Gasteiger partial charge >= 0.3 is 0 Å². The lowest BCUT2D eigenvalue weighted by Crippen LogP contribution is -2.34. The Hall–Kier alpha value is -1.72. The molecule has 1 aliphatic rings. The molecule has 1 aromatic carbocycles. The van der Waals surface area contributed by atoms with Gasteiger partial charge in [0.25, 0.3) is 0 Å². The summed E-state index contributed by atoms with van der Waals surface area (Å²) in [5.74, 6) is -0.367. The molecular weight excluding hydrogens is 242 g/mol. The summed E-state index contributed by atoms with van der Waals surface area (Å²) in [5.41, 5.74) is 8.20. The van der Waals surface area contributed by atoms with Crippen LogP contribution >= 0.6 is 0 Å². The first-order valence-corrected chi connectivity index (χ1v) is 6.49. The number of fused-ring (bicyclic) bond motifs is 1. The highest BCUT2D eigenvalue weighted by Crippen LogP contribution is 2.30. The van der Waals surface area contributed by atoms with Crippen LogP contribution < -0.4 is 16.0 Å². The Morgan fingerprint density at radius 2 is 2.26 bits per heavy atom. The van der Waals surface area contributed by atoms with Gasteiger partial charge in [0.05, 0.1) is 12.1 Å². The normalized spacial score (nSPS) is 13.8. The fourth-order valence-corrected chi connectivity index (χ4v) is 2.31. The summed E-state index contributed by atoms with van der Waals surface area (Å²) >= 11 is 0. The van der Waals surface area contributed by atoms with Crippen LogP contribution in [0.25, 0.3) is 0 Å². The van der Waals surface area contributed by atoms with Crippen LogP contribution in [-0.4, -0.2) is 32.0 Å². The van der Waals surface area contributed by atoms with Crippen molar-refractivity contribution in [2.45, 2.75) is 19.3 Å². The van der Waals surface area contributed by atoms with Gasteiger partial charge in [-0.1, -0.05) is 12.1 Å². The molecule has 3 N–H and O–H groups in total. The molecule has 5 nitrogen and oxygen atoms in total. The molecule has 5 heteroatoms. The number of likely N-dealkylation sites (N-methyl/N-ethyl adjacent to an activating group) is 1. The number of rotatable bonds is 5. The first kappa shape index (κ1) is 13.7. The number of hydrogen-bond donors (Lipinski definition) is 2. The average molecular weight is 261 g/mol. The molecule has 1 aliphatic heterocycles. The number of benzene rings is 1. The topological polar surface area (TPSA) is 75.4 Å². The largest absolute Gasteiger partial charge is 0.330 e.